The Bertz CT molecular complexity index is 1340. The van der Waals surface area contributed by atoms with Gasteiger partial charge in [-0.05, 0) is 56.7 Å². The molecule has 0 aliphatic carbocycles. The third-order valence-corrected chi connectivity index (χ3v) is 6.69. The summed E-state index contributed by atoms with van der Waals surface area (Å²) in [5, 5.41) is 4.36. The zero-order chi connectivity index (χ0) is 24.3. The van der Waals surface area contributed by atoms with Crippen LogP contribution in [-0.4, -0.2) is 37.9 Å². The van der Waals surface area contributed by atoms with E-state index in [1.807, 2.05) is 19.9 Å². The SMILES string of the molecule is Cc1c(Cl)cccc1N(CC(=O)N/N=C\c1cc(C)n(-c2ccccc2F)c1C)S(C)(=O)=O. The van der Waals surface area contributed by atoms with E-state index >= 15 is 0 Å². The van der Waals surface area contributed by atoms with Gasteiger partial charge in [0.2, 0.25) is 10.0 Å². The number of aromatic nitrogens is 1. The van der Waals surface area contributed by atoms with Gasteiger partial charge < -0.3 is 4.57 Å². The molecule has 1 N–H and O–H groups in total. The summed E-state index contributed by atoms with van der Waals surface area (Å²) in [6.07, 6.45) is 2.45. The lowest BCUT2D eigenvalue weighted by Gasteiger charge is -2.23. The maximum atomic E-state index is 14.2. The van der Waals surface area contributed by atoms with Crippen molar-refractivity contribution in [2.45, 2.75) is 20.8 Å². The number of amides is 1. The summed E-state index contributed by atoms with van der Waals surface area (Å²) in [6.45, 7) is 4.87. The second-order valence-electron chi connectivity index (χ2n) is 7.56. The normalized spacial score (nSPS) is 11.7. The van der Waals surface area contributed by atoms with E-state index < -0.39 is 22.5 Å². The van der Waals surface area contributed by atoms with Gasteiger partial charge in [0.15, 0.2) is 0 Å². The molecule has 0 radical (unpaired) electrons. The van der Waals surface area contributed by atoms with Crippen LogP contribution in [0.25, 0.3) is 5.69 Å². The Morgan fingerprint density at radius 3 is 2.55 bits per heavy atom. The van der Waals surface area contributed by atoms with Crippen LogP contribution in [0.5, 0.6) is 0 Å². The topological polar surface area (TPSA) is 83.8 Å². The van der Waals surface area contributed by atoms with Crippen molar-refractivity contribution < 1.29 is 17.6 Å². The highest BCUT2D eigenvalue weighted by Gasteiger charge is 2.23. The number of rotatable bonds is 7. The minimum absolute atomic E-state index is 0.317. The van der Waals surface area contributed by atoms with Gasteiger partial charge in [0.05, 0.1) is 23.8 Å². The van der Waals surface area contributed by atoms with E-state index in [-0.39, 0.29) is 5.82 Å². The molecule has 0 aliphatic heterocycles. The van der Waals surface area contributed by atoms with E-state index in [1.165, 1.54) is 12.3 Å². The van der Waals surface area contributed by atoms with Crippen LogP contribution in [0.4, 0.5) is 10.1 Å². The molecule has 1 amide bonds. The third kappa shape index (κ3) is 5.43. The predicted octanol–water partition coefficient (Wildman–Crippen LogP) is 4.11. The van der Waals surface area contributed by atoms with Gasteiger partial charge >= 0.3 is 0 Å². The van der Waals surface area contributed by atoms with Crippen molar-refractivity contribution in [3.05, 3.63) is 81.9 Å². The molecular formula is C23H24ClFN4O3S. The monoisotopic (exact) mass is 490 g/mol. The lowest BCUT2D eigenvalue weighted by molar-refractivity contribution is -0.119. The first-order chi connectivity index (χ1) is 15.5. The van der Waals surface area contributed by atoms with E-state index in [4.69, 9.17) is 11.6 Å². The average Bonchev–Trinajstić information content (AvgIpc) is 3.01. The number of anilines is 1. The van der Waals surface area contributed by atoms with Crippen LogP contribution in [0.3, 0.4) is 0 Å². The van der Waals surface area contributed by atoms with Crippen LogP contribution in [0.1, 0.15) is 22.5 Å². The van der Waals surface area contributed by atoms with Gasteiger partial charge in [-0.25, -0.2) is 18.2 Å². The van der Waals surface area contributed by atoms with E-state index in [9.17, 15) is 17.6 Å². The zero-order valence-corrected chi connectivity index (χ0v) is 20.2. The van der Waals surface area contributed by atoms with Crippen molar-refractivity contribution in [2.24, 2.45) is 5.10 Å². The van der Waals surface area contributed by atoms with Gasteiger partial charge in [0, 0.05) is 22.0 Å². The molecule has 10 heteroatoms. The molecule has 1 heterocycles. The highest BCUT2D eigenvalue weighted by molar-refractivity contribution is 7.92. The number of sulfonamides is 1. The number of hydrazone groups is 1. The highest BCUT2D eigenvalue weighted by Crippen LogP contribution is 2.28. The first-order valence-electron chi connectivity index (χ1n) is 9.99. The van der Waals surface area contributed by atoms with Crippen molar-refractivity contribution in [3.63, 3.8) is 0 Å². The van der Waals surface area contributed by atoms with Crippen molar-refractivity contribution in [1.29, 1.82) is 0 Å². The van der Waals surface area contributed by atoms with E-state index in [1.54, 1.807) is 47.9 Å². The van der Waals surface area contributed by atoms with Crippen molar-refractivity contribution in [1.82, 2.24) is 9.99 Å². The third-order valence-electron chi connectivity index (χ3n) is 5.15. The zero-order valence-electron chi connectivity index (χ0n) is 18.6. The van der Waals surface area contributed by atoms with Crippen molar-refractivity contribution >= 4 is 39.4 Å². The van der Waals surface area contributed by atoms with Gasteiger partial charge in [-0.2, -0.15) is 5.10 Å². The molecule has 0 fully saturated rings. The lowest BCUT2D eigenvalue weighted by atomic mass is 10.2. The van der Waals surface area contributed by atoms with Gasteiger partial charge in [0.25, 0.3) is 5.91 Å². The summed E-state index contributed by atoms with van der Waals surface area (Å²) in [5.41, 5.74) is 5.84. The number of nitrogens with one attached hydrogen (secondary N) is 1. The van der Waals surface area contributed by atoms with Gasteiger partial charge in [-0.3, -0.25) is 9.10 Å². The Morgan fingerprint density at radius 2 is 1.88 bits per heavy atom. The Kier molecular flexibility index (Phi) is 7.24. The van der Waals surface area contributed by atoms with E-state index in [2.05, 4.69) is 10.5 Å². The molecule has 0 spiro atoms. The van der Waals surface area contributed by atoms with Crippen LogP contribution in [0.15, 0.2) is 53.6 Å². The molecule has 1 aromatic heterocycles. The number of hydrogen-bond acceptors (Lipinski definition) is 4. The largest absolute Gasteiger partial charge is 0.315 e. The maximum Gasteiger partial charge on any atom is 0.260 e. The van der Waals surface area contributed by atoms with Crippen LogP contribution < -0.4 is 9.73 Å². The Morgan fingerprint density at radius 1 is 1.18 bits per heavy atom. The smallest absolute Gasteiger partial charge is 0.260 e. The number of benzene rings is 2. The molecule has 0 atom stereocenters. The molecule has 33 heavy (non-hydrogen) atoms. The summed E-state index contributed by atoms with van der Waals surface area (Å²) < 4.78 is 41.6. The average molecular weight is 491 g/mol. The lowest BCUT2D eigenvalue weighted by Crippen LogP contribution is -2.39. The molecule has 3 rings (SSSR count). The van der Waals surface area contributed by atoms with Gasteiger partial charge in [-0.1, -0.05) is 29.8 Å². The molecule has 2 aromatic carbocycles. The minimum atomic E-state index is -3.75. The molecule has 0 bridgehead atoms. The summed E-state index contributed by atoms with van der Waals surface area (Å²) >= 11 is 6.11. The summed E-state index contributed by atoms with van der Waals surface area (Å²) in [6, 6.07) is 13.1. The van der Waals surface area contributed by atoms with Crippen molar-refractivity contribution in [3.8, 4) is 5.69 Å². The van der Waals surface area contributed by atoms with Crippen LogP contribution in [0.2, 0.25) is 5.02 Å². The second kappa shape index (κ2) is 9.76. The molecule has 7 nitrogen and oxygen atoms in total. The van der Waals surface area contributed by atoms with E-state index in [0.717, 1.165) is 21.9 Å². The van der Waals surface area contributed by atoms with Crippen LogP contribution in [0, 0.1) is 26.6 Å². The summed E-state index contributed by atoms with van der Waals surface area (Å²) in [4.78, 5) is 12.5. The fourth-order valence-corrected chi connectivity index (χ4v) is 4.59. The fraction of sp³-hybridized carbons (Fsp3) is 0.217. The molecule has 3 aromatic rings. The second-order valence-corrected chi connectivity index (χ2v) is 9.87. The van der Waals surface area contributed by atoms with Gasteiger partial charge in [-0.15, -0.1) is 0 Å². The molecule has 0 unspecified atom stereocenters. The first kappa shape index (κ1) is 24.5. The summed E-state index contributed by atoms with van der Waals surface area (Å²) in [7, 11) is -3.75. The summed E-state index contributed by atoms with van der Waals surface area (Å²) in [5.74, 6) is -0.979. The quantitative estimate of drug-likeness (QED) is 0.399. The number of carbonyl (C=O) groups excluding carboxylic acids is 1. The number of para-hydroxylation sites is 1. The first-order valence-corrected chi connectivity index (χ1v) is 12.2. The number of aryl methyl sites for hydroxylation is 1. The molecule has 0 saturated carbocycles. The Labute approximate surface area is 197 Å². The maximum absolute atomic E-state index is 14.2. The number of carbonyl (C=O) groups is 1. The van der Waals surface area contributed by atoms with Crippen molar-refractivity contribution in [2.75, 3.05) is 17.1 Å². The minimum Gasteiger partial charge on any atom is -0.315 e. The number of halogens is 2. The predicted molar refractivity (Wildman–Crippen MR) is 129 cm³/mol. The fourth-order valence-electron chi connectivity index (χ4n) is 3.51. The van der Waals surface area contributed by atoms with Crippen LogP contribution >= 0.6 is 11.6 Å². The van der Waals surface area contributed by atoms with E-state index in [0.29, 0.717) is 27.5 Å². The molecular weight excluding hydrogens is 467 g/mol. The van der Waals surface area contributed by atoms with Crippen LogP contribution in [-0.2, 0) is 14.8 Å². The molecule has 0 aliphatic rings. The molecule has 174 valence electrons. The van der Waals surface area contributed by atoms with Gasteiger partial charge in [0.1, 0.15) is 12.4 Å². The number of nitrogens with zero attached hydrogens (tertiary/aromatic N) is 3. The number of hydrogen-bond donors (Lipinski definition) is 1. The molecule has 0 saturated heterocycles. The standard InChI is InChI=1S/C23H24ClFN4O3S/c1-15-12-18(17(3)29(15)22-10-6-5-9-20(22)25)13-26-27-23(30)14-28(33(4,31)32)21-11-7-8-19(24)16(21)2/h5-13H,14H2,1-4H3,(H,27,30)/b26-13-. The Balaban J connectivity index is 1.78. The highest BCUT2D eigenvalue weighted by atomic mass is 35.5. The Hall–Kier alpha value is -3.17.